The van der Waals surface area contributed by atoms with E-state index < -0.39 is 0 Å². The van der Waals surface area contributed by atoms with Crippen LogP contribution in [0.3, 0.4) is 0 Å². The number of methoxy groups -OCH3 is 1. The monoisotopic (exact) mass is 440 g/mol. The second-order valence-corrected chi connectivity index (χ2v) is 7.54. The van der Waals surface area contributed by atoms with Gasteiger partial charge in [-0.05, 0) is 75.9 Å². The van der Waals surface area contributed by atoms with Crippen molar-refractivity contribution < 1.29 is 4.74 Å². The van der Waals surface area contributed by atoms with Gasteiger partial charge in [-0.15, -0.1) is 0 Å². The zero-order valence-electron chi connectivity index (χ0n) is 13.0. The normalized spacial score (nSPS) is 11.9. The summed E-state index contributed by atoms with van der Waals surface area (Å²) in [5.41, 5.74) is 7.47. The highest BCUT2D eigenvalue weighted by Gasteiger charge is 2.23. The van der Waals surface area contributed by atoms with E-state index in [-0.39, 0.29) is 0 Å². The Bertz CT molecular complexity index is 903. The molecule has 3 aromatic rings. The summed E-state index contributed by atoms with van der Waals surface area (Å²) in [7, 11) is 1.69. The van der Waals surface area contributed by atoms with Crippen LogP contribution < -0.4 is 4.74 Å². The van der Waals surface area contributed by atoms with Crippen molar-refractivity contribution in [3.05, 3.63) is 86.3 Å². The first-order valence-electron chi connectivity index (χ1n) is 7.62. The second kappa shape index (κ2) is 6.23. The largest absolute Gasteiger partial charge is 0.497 e. The molecule has 0 aliphatic heterocycles. The van der Waals surface area contributed by atoms with Gasteiger partial charge in [0.05, 0.1) is 7.11 Å². The number of rotatable bonds is 2. The van der Waals surface area contributed by atoms with E-state index in [9.17, 15) is 0 Å². The molecule has 0 amide bonds. The molecule has 118 valence electrons. The molecule has 0 heterocycles. The van der Waals surface area contributed by atoms with Crippen LogP contribution in [0.5, 0.6) is 5.75 Å². The first-order chi connectivity index (χ1) is 11.7. The van der Waals surface area contributed by atoms with E-state index >= 15 is 0 Å². The third kappa shape index (κ3) is 2.72. The van der Waals surface area contributed by atoms with Gasteiger partial charge in [-0.1, -0.05) is 56.1 Å². The summed E-state index contributed by atoms with van der Waals surface area (Å²) in [6, 6.07) is 21.1. The Balaban J connectivity index is 1.92. The summed E-state index contributed by atoms with van der Waals surface area (Å²) >= 11 is 7.21. The summed E-state index contributed by atoms with van der Waals surface area (Å²) in [6.45, 7) is 0. The molecule has 0 fully saturated rings. The van der Waals surface area contributed by atoms with Gasteiger partial charge in [0.15, 0.2) is 0 Å². The molecule has 1 nitrogen and oxygen atoms in total. The molecular weight excluding hydrogens is 428 g/mol. The summed E-state index contributed by atoms with van der Waals surface area (Å²) in [5, 5.41) is 0. The lowest BCUT2D eigenvalue weighted by molar-refractivity contribution is 0.415. The molecule has 0 aromatic heterocycles. The van der Waals surface area contributed by atoms with E-state index in [4.69, 9.17) is 4.74 Å². The van der Waals surface area contributed by atoms with Gasteiger partial charge in [-0.3, -0.25) is 0 Å². The van der Waals surface area contributed by atoms with Crippen LogP contribution in [0.1, 0.15) is 16.7 Å². The summed E-state index contributed by atoms with van der Waals surface area (Å²) in [5.74, 6) is 0.870. The van der Waals surface area contributed by atoms with Crippen LogP contribution in [-0.4, -0.2) is 7.11 Å². The minimum absolute atomic E-state index is 0.870. The van der Waals surface area contributed by atoms with Crippen LogP contribution in [0.4, 0.5) is 0 Å². The zero-order valence-corrected chi connectivity index (χ0v) is 16.2. The van der Waals surface area contributed by atoms with Crippen molar-refractivity contribution in [2.45, 2.75) is 0 Å². The Morgan fingerprint density at radius 2 is 1.25 bits per heavy atom. The van der Waals surface area contributed by atoms with Gasteiger partial charge in [-0.2, -0.15) is 0 Å². The molecule has 0 bridgehead atoms. The lowest BCUT2D eigenvalue weighted by Gasteiger charge is -2.05. The molecule has 0 saturated heterocycles. The van der Waals surface area contributed by atoms with Gasteiger partial charge in [0.1, 0.15) is 5.75 Å². The average Bonchev–Trinajstić information content (AvgIpc) is 2.88. The first kappa shape index (κ1) is 15.7. The van der Waals surface area contributed by atoms with Crippen molar-refractivity contribution in [2.75, 3.05) is 7.11 Å². The van der Waals surface area contributed by atoms with Crippen LogP contribution >= 0.6 is 31.9 Å². The molecule has 0 N–H and O–H groups in total. The molecule has 4 rings (SSSR count). The molecule has 0 spiro atoms. The lowest BCUT2D eigenvalue weighted by Crippen LogP contribution is -1.84. The van der Waals surface area contributed by atoms with E-state index in [0.29, 0.717) is 0 Å². The molecule has 3 heteroatoms. The smallest absolute Gasteiger partial charge is 0.118 e. The molecule has 0 unspecified atom stereocenters. The number of hydrogen-bond donors (Lipinski definition) is 0. The third-order valence-electron chi connectivity index (χ3n) is 4.26. The summed E-state index contributed by atoms with van der Waals surface area (Å²) in [4.78, 5) is 0. The molecule has 1 aliphatic rings. The van der Waals surface area contributed by atoms with E-state index in [1.165, 1.54) is 27.8 Å². The first-order valence-corrected chi connectivity index (χ1v) is 9.20. The summed E-state index contributed by atoms with van der Waals surface area (Å²) < 4.78 is 7.43. The maximum Gasteiger partial charge on any atom is 0.118 e. The average molecular weight is 442 g/mol. The fourth-order valence-corrected chi connectivity index (χ4v) is 3.84. The van der Waals surface area contributed by atoms with Gasteiger partial charge in [-0.25, -0.2) is 0 Å². The quantitative estimate of drug-likeness (QED) is 0.332. The van der Waals surface area contributed by atoms with Crippen molar-refractivity contribution in [3.63, 3.8) is 0 Å². The molecule has 1 aliphatic carbocycles. The standard InChI is InChI=1S/C21H14Br2O/c1-24-16-6-2-13(3-7-16)10-19-20-11-14(22)4-8-17(20)18-9-5-15(23)12-21(18)19/h2-12H,1H3. The van der Waals surface area contributed by atoms with Gasteiger partial charge in [0, 0.05) is 8.95 Å². The third-order valence-corrected chi connectivity index (χ3v) is 5.25. The van der Waals surface area contributed by atoms with Crippen LogP contribution in [-0.2, 0) is 0 Å². The van der Waals surface area contributed by atoms with E-state index in [0.717, 1.165) is 20.3 Å². The van der Waals surface area contributed by atoms with Gasteiger partial charge < -0.3 is 4.74 Å². The fourth-order valence-electron chi connectivity index (χ4n) is 3.12. The van der Waals surface area contributed by atoms with Crippen LogP contribution in [0.2, 0.25) is 0 Å². The van der Waals surface area contributed by atoms with Crippen LogP contribution in [0.15, 0.2) is 69.6 Å². The highest BCUT2D eigenvalue weighted by atomic mass is 79.9. The molecule has 0 atom stereocenters. The predicted octanol–water partition coefficient (Wildman–Crippen LogP) is 6.79. The Morgan fingerprint density at radius 1 is 0.708 bits per heavy atom. The van der Waals surface area contributed by atoms with E-state index in [2.05, 4.69) is 86.5 Å². The molecule has 3 aromatic carbocycles. The molecule has 24 heavy (non-hydrogen) atoms. The zero-order chi connectivity index (χ0) is 16.7. The number of hydrogen-bond acceptors (Lipinski definition) is 1. The predicted molar refractivity (Wildman–Crippen MR) is 107 cm³/mol. The minimum Gasteiger partial charge on any atom is -0.497 e. The number of benzene rings is 3. The number of fused-ring (bicyclic) bond motifs is 3. The Hall–Kier alpha value is -1.84. The molecule has 0 radical (unpaired) electrons. The highest BCUT2D eigenvalue weighted by molar-refractivity contribution is 9.10. The Labute approximate surface area is 158 Å². The van der Waals surface area contributed by atoms with Gasteiger partial charge in [0.2, 0.25) is 0 Å². The van der Waals surface area contributed by atoms with Crippen molar-refractivity contribution in [3.8, 4) is 16.9 Å². The van der Waals surface area contributed by atoms with Gasteiger partial charge in [0.25, 0.3) is 0 Å². The van der Waals surface area contributed by atoms with Crippen molar-refractivity contribution in [1.82, 2.24) is 0 Å². The Kier molecular flexibility index (Phi) is 4.07. The second-order valence-electron chi connectivity index (χ2n) is 5.71. The van der Waals surface area contributed by atoms with Crippen molar-refractivity contribution in [1.29, 1.82) is 0 Å². The van der Waals surface area contributed by atoms with Crippen LogP contribution in [0, 0.1) is 0 Å². The fraction of sp³-hybridized carbons (Fsp3) is 0.0476. The van der Waals surface area contributed by atoms with Crippen LogP contribution in [0.25, 0.3) is 22.8 Å². The van der Waals surface area contributed by atoms with Crippen molar-refractivity contribution in [2.24, 2.45) is 0 Å². The SMILES string of the molecule is COc1ccc(C=C2c3cc(Br)ccc3-c3ccc(Br)cc32)cc1. The minimum atomic E-state index is 0.870. The van der Waals surface area contributed by atoms with Gasteiger partial charge >= 0.3 is 0 Å². The molecular formula is C21H14Br2O. The Morgan fingerprint density at radius 3 is 1.75 bits per heavy atom. The highest BCUT2D eigenvalue weighted by Crippen LogP contribution is 2.46. The van der Waals surface area contributed by atoms with E-state index in [1.54, 1.807) is 7.11 Å². The topological polar surface area (TPSA) is 9.23 Å². The van der Waals surface area contributed by atoms with Crippen molar-refractivity contribution >= 4 is 43.5 Å². The number of ether oxygens (including phenoxy) is 1. The maximum atomic E-state index is 5.25. The van der Waals surface area contributed by atoms with E-state index in [1.807, 2.05) is 12.1 Å². The lowest BCUT2D eigenvalue weighted by atomic mass is 10.0. The maximum absolute atomic E-state index is 5.25. The number of halogens is 2. The summed E-state index contributed by atoms with van der Waals surface area (Å²) in [6.07, 6.45) is 2.24. The molecule has 0 saturated carbocycles.